The van der Waals surface area contributed by atoms with Gasteiger partial charge in [-0.3, -0.25) is 0 Å². The summed E-state index contributed by atoms with van der Waals surface area (Å²) in [5.74, 6) is -0.683. The minimum absolute atomic E-state index is 0.126. The fourth-order valence-electron chi connectivity index (χ4n) is 1.81. The van der Waals surface area contributed by atoms with Crippen LogP contribution in [0.4, 0.5) is 0 Å². The Balaban J connectivity index is 2.47. The van der Waals surface area contributed by atoms with Gasteiger partial charge in [-0.2, -0.15) is 0 Å². The van der Waals surface area contributed by atoms with Crippen LogP contribution in [0.1, 0.15) is 38.8 Å². The lowest BCUT2D eigenvalue weighted by Crippen LogP contribution is -2.25. The van der Waals surface area contributed by atoms with Gasteiger partial charge < -0.3 is 9.47 Å². The maximum Gasteiger partial charge on any atom is 0.274 e. The van der Waals surface area contributed by atoms with Gasteiger partial charge in [-0.25, -0.2) is 0 Å². The molecule has 0 bridgehead atoms. The van der Waals surface area contributed by atoms with Crippen molar-refractivity contribution in [3.8, 4) is 0 Å². The fourth-order valence-corrected chi connectivity index (χ4v) is 2.64. The summed E-state index contributed by atoms with van der Waals surface area (Å²) >= 11 is 2.32. The Hall–Kier alpha value is -0.710. The summed E-state index contributed by atoms with van der Waals surface area (Å²) in [6.07, 6.45) is 3.19. The number of ether oxygens (including phenoxy) is 2. The first-order chi connectivity index (χ1) is 7.83. The molecule has 0 saturated carbocycles. The Bertz CT molecular complexity index is 450. The van der Waals surface area contributed by atoms with Crippen molar-refractivity contribution >= 4 is 22.6 Å². The van der Waals surface area contributed by atoms with Gasteiger partial charge in [0.1, 0.15) is 12.5 Å². The Morgan fingerprint density at radius 3 is 2.24 bits per heavy atom. The molecular weight excluding hydrogens is 327 g/mol. The zero-order chi connectivity index (χ0) is 12.7. The molecule has 0 aliphatic carbocycles. The SMILES string of the molecule is CC(C)(C)c1ccc(I)c(C2(C)OC=CO2)c1. The van der Waals surface area contributed by atoms with E-state index in [0.717, 1.165) is 9.13 Å². The van der Waals surface area contributed by atoms with Crippen LogP contribution in [0.3, 0.4) is 0 Å². The average molecular weight is 344 g/mol. The van der Waals surface area contributed by atoms with Gasteiger partial charge in [0.15, 0.2) is 0 Å². The van der Waals surface area contributed by atoms with Crippen LogP contribution in [0.25, 0.3) is 0 Å². The van der Waals surface area contributed by atoms with Gasteiger partial charge in [-0.15, -0.1) is 0 Å². The molecule has 17 heavy (non-hydrogen) atoms. The normalized spacial score (nSPS) is 17.7. The second-order valence-corrected chi connectivity index (χ2v) is 6.56. The average Bonchev–Trinajstić information content (AvgIpc) is 2.65. The molecule has 0 radical (unpaired) electrons. The van der Waals surface area contributed by atoms with Gasteiger partial charge in [0.05, 0.1) is 0 Å². The third-order valence-corrected chi connectivity index (χ3v) is 3.90. The van der Waals surface area contributed by atoms with Crippen LogP contribution >= 0.6 is 22.6 Å². The van der Waals surface area contributed by atoms with E-state index < -0.39 is 5.79 Å². The lowest BCUT2D eigenvalue weighted by molar-refractivity contribution is -0.133. The largest absolute Gasteiger partial charge is 0.453 e. The van der Waals surface area contributed by atoms with E-state index >= 15 is 0 Å². The first-order valence-electron chi connectivity index (χ1n) is 5.64. The molecule has 2 nitrogen and oxygen atoms in total. The Kier molecular flexibility index (Phi) is 3.14. The predicted molar refractivity (Wildman–Crippen MR) is 76.5 cm³/mol. The summed E-state index contributed by atoms with van der Waals surface area (Å²) in [5, 5.41) is 0. The molecule has 1 aliphatic heterocycles. The lowest BCUT2D eigenvalue weighted by atomic mass is 9.85. The molecule has 1 aliphatic rings. The van der Waals surface area contributed by atoms with Crippen molar-refractivity contribution in [3.05, 3.63) is 45.4 Å². The van der Waals surface area contributed by atoms with Crippen molar-refractivity contribution in [2.75, 3.05) is 0 Å². The number of rotatable bonds is 1. The van der Waals surface area contributed by atoms with Crippen LogP contribution in [0.2, 0.25) is 0 Å². The third kappa shape index (κ3) is 2.44. The quantitative estimate of drug-likeness (QED) is 0.708. The van der Waals surface area contributed by atoms with E-state index in [9.17, 15) is 0 Å². The van der Waals surface area contributed by atoms with Crippen molar-refractivity contribution in [1.29, 1.82) is 0 Å². The number of hydrogen-bond donors (Lipinski definition) is 0. The molecule has 0 unspecified atom stereocenters. The Morgan fingerprint density at radius 1 is 1.12 bits per heavy atom. The monoisotopic (exact) mass is 344 g/mol. The van der Waals surface area contributed by atoms with Crippen molar-refractivity contribution in [2.24, 2.45) is 0 Å². The highest BCUT2D eigenvalue weighted by Crippen LogP contribution is 2.36. The molecular formula is C14H17IO2. The van der Waals surface area contributed by atoms with Gasteiger partial charge in [0.25, 0.3) is 5.79 Å². The van der Waals surface area contributed by atoms with Gasteiger partial charge in [0.2, 0.25) is 0 Å². The highest BCUT2D eigenvalue weighted by Gasteiger charge is 2.34. The molecule has 0 spiro atoms. The van der Waals surface area contributed by atoms with Crippen LogP contribution in [0.15, 0.2) is 30.7 Å². The zero-order valence-corrected chi connectivity index (χ0v) is 12.7. The smallest absolute Gasteiger partial charge is 0.274 e. The van der Waals surface area contributed by atoms with E-state index in [2.05, 4.69) is 61.6 Å². The first kappa shape index (κ1) is 12.7. The summed E-state index contributed by atoms with van der Waals surface area (Å²) in [7, 11) is 0. The minimum atomic E-state index is -0.683. The van der Waals surface area contributed by atoms with Crippen LogP contribution in [0, 0.1) is 3.57 Å². The number of halogens is 1. The standard InChI is InChI=1S/C14H17IO2/c1-13(2,3)10-5-6-12(15)11(9-10)14(4)16-7-8-17-14/h5-9H,1-4H3. The molecule has 1 aromatic carbocycles. The van der Waals surface area contributed by atoms with E-state index in [1.807, 2.05) is 6.92 Å². The molecule has 0 saturated heterocycles. The van der Waals surface area contributed by atoms with Crippen molar-refractivity contribution in [2.45, 2.75) is 38.9 Å². The molecule has 0 fully saturated rings. The summed E-state index contributed by atoms with van der Waals surface area (Å²) in [6, 6.07) is 6.46. The van der Waals surface area contributed by atoms with Gasteiger partial charge in [-0.1, -0.05) is 26.8 Å². The molecule has 2 rings (SSSR count). The maximum absolute atomic E-state index is 5.57. The van der Waals surface area contributed by atoms with Crippen molar-refractivity contribution in [3.63, 3.8) is 0 Å². The predicted octanol–water partition coefficient (Wildman–Crippen LogP) is 4.28. The molecule has 0 amide bonds. The van der Waals surface area contributed by atoms with Gasteiger partial charge in [0, 0.05) is 16.1 Å². The lowest BCUT2D eigenvalue weighted by Gasteiger charge is -2.27. The van der Waals surface area contributed by atoms with Gasteiger partial charge >= 0.3 is 0 Å². The first-order valence-corrected chi connectivity index (χ1v) is 6.72. The number of benzene rings is 1. The van der Waals surface area contributed by atoms with E-state index in [-0.39, 0.29) is 5.41 Å². The molecule has 1 aromatic rings. The van der Waals surface area contributed by atoms with Gasteiger partial charge in [-0.05, 0) is 45.7 Å². The van der Waals surface area contributed by atoms with E-state index in [1.54, 1.807) is 12.5 Å². The second-order valence-electron chi connectivity index (χ2n) is 5.40. The highest BCUT2D eigenvalue weighted by atomic mass is 127. The Morgan fingerprint density at radius 2 is 1.71 bits per heavy atom. The Labute approximate surface area is 116 Å². The van der Waals surface area contributed by atoms with E-state index in [0.29, 0.717) is 0 Å². The zero-order valence-electron chi connectivity index (χ0n) is 10.6. The van der Waals surface area contributed by atoms with Crippen molar-refractivity contribution < 1.29 is 9.47 Å². The maximum atomic E-state index is 5.57. The number of hydrogen-bond acceptors (Lipinski definition) is 2. The minimum Gasteiger partial charge on any atom is -0.453 e. The van der Waals surface area contributed by atoms with Crippen LogP contribution in [-0.2, 0) is 20.7 Å². The summed E-state index contributed by atoms with van der Waals surface area (Å²) in [4.78, 5) is 0. The molecule has 1 heterocycles. The van der Waals surface area contributed by atoms with Crippen LogP contribution in [0.5, 0.6) is 0 Å². The molecule has 0 N–H and O–H groups in total. The van der Waals surface area contributed by atoms with E-state index in [4.69, 9.17) is 9.47 Å². The van der Waals surface area contributed by atoms with Crippen LogP contribution in [-0.4, -0.2) is 0 Å². The summed E-state index contributed by atoms with van der Waals surface area (Å²) < 4.78 is 12.3. The highest BCUT2D eigenvalue weighted by molar-refractivity contribution is 14.1. The molecule has 0 atom stereocenters. The van der Waals surface area contributed by atoms with Crippen LogP contribution < -0.4 is 0 Å². The van der Waals surface area contributed by atoms with Crippen molar-refractivity contribution in [1.82, 2.24) is 0 Å². The third-order valence-electron chi connectivity index (χ3n) is 2.96. The molecule has 3 heteroatoms. The van der Waals surface area contributed by atoms with E-state index in [1.165, 1.54) is 5.56 Å². The summed E-state index contributed by atoms with van der Waals surface area (Å²) in [5.41, 5.74) is 2.49. The second kappa shape index (κ2) is 4.19. The fraction of sp³-hybridized carbons (Fsp3) is 0.429. The molecule has 92 valence electrons. The topological polar surface area (TPSA) is 18.5 Å². The summed E-state index contributed by atoms with van der Waals surface area (Å²) in [6.45, 7) is 8.55. The molecule has 0 aromatic heterocycles.